The van der Waals surface area contributed by atoms with Crippen LogP contribution in [0.25, 0.3) is 11.4 Å². The Balaban J connectivity index is 1.26. The minimum atomic E-state index is 0.0785. The van der Waals surface area contributed by atoms with Gasteiger partial charge in [-0.3, -0.25) is 14.7 Å². The van der Waals surface area contributed by atoms with E-state index >= 15 is 0 Å². The Hall–Kier alpha value is -3.51. The molecule has 0 saturated carbocycles. The lowest BCUT2D eigenvalue weighted by Crippen LogP contribution is -2.52. The summed E-state index contributed by atoms with van der Waals surface area (Å²) >= 11 is 0. The van der Waals surface area contributed by atoms with E-state index < -0.39 is 0 Å². The fourth-order valence-corrected chi connectivity index (χ4v) is 5.65. The highest BCUT2D eigenvalue weighted by Gasteiger charge is 2.34. The van der Waals surface area contributed by atoms with Gasteiger partial charge in [-0.05, 0) is 48.8 Å². The summed E-state index contributed by atoms with van der Waals surface area (Å²) in [4.78, 5) is 22.9. The summed E-state index contributed by atoms with van der Waals surface area (Å²) < 4.78 is 0. The molecule has 6 nitrogen and oxygen atoms in total. The summed E-state index contributed by atoms with van der Waals surface area (Å²) in [7, 11) is 0. The number of aromatic nitrogens is 3. The molecule has 2 aromatic carbocycles. The van der Waals surface area contributed by atoms with Crippen LogP contribution in [0.15, 0.2) is 67.0 Å². The van der Waals surface area contributed by atoms with E-state index in [0.29, 0.717) is 0 Å². The smallest absolute Gasteiger partial charge is 0.195 e. The van der Waals surface area contributed by atoms with Crippen LogP contribution in [0.3, 0.4) is 0 Å². The number of hydrogen-bond donors (Lipinski definition) is 0. The highest BCUT2D eigenvalue weighted by molar-refractivity contribution is 6.14. The van der Waals surface area contributed by atoms with Gasteiger partial charge in [0.05, 0.1) is 5.56 Å². The van der Waals surface area contributed by atoms with E-state index in [0.717, 1.165) is 87.3 Å². The molecule has 2 aliphatic heterocycles. The maximum Gasteiger partial charge on any atom is 0.195 e. The van der Waals surface area contributed by atoms with Gasteiger partial charge in [-0.15, -0.1) is 5.10 Å². The van der Waals surface area contributed by atoms with Crippen molar-refractivity contribution < 1.29 is 4.79 Å². The molecule has 0 radical (unpaired) electrons. The number of nitrogens with zero attached hydrogens (tertiary/aromatic N) is 5. The van der Waals surface area contributed by atoms with Crippen molar-refractivity contribution in [2.45, 2.75) is 32.1 Å². The van der Waals surface area contributed by atoms with Crippen molar-refractivity contribution in [1.82, 2.24) is 19.8 Å². The first kappa shape index (κ1) is 22.0. The van der Waals surface area contributed by atoms with Crippen LogP contribution in [0.1, 0.15) is 45.5 Å². The Morgan fingerprint density at radius 2 is 1.51 bits per heavy atom. The third-order valence-electron chi connectivity index (χ3n) is 7.50. The van der Waals surface area contributed by atoms with Gasteiger partial charge in [-0.1, -0.05) is 60.7 Å². The summed E-state index contributed by atoms with van der Waals surface area (Å²) in [6.07, 6.45) is 6.88. The van der Waals surface area contributed by atoms with E-state index in [4.69, 9.17) is 5.10 Å². The van der Waals surface area contributed by atoms with Crippen molar-refractivity contribution in [1.29, 1.82) is 0 Å². The Kier molecular flexibility index (Phi) is 6.05. The Bertz CT molecular complexity index is 1280. The lowest BCUT2D eigenvalue weighted by Gasteiger charge is -2.37. The van der Waals surface area contributed by atoms with Gasteiger partial charge in [0.2, 0.25) is 0 Å². The first-order valence-electron chi connectivity index (χ1n) is 12.8. The Morgan fingerprint density at radius 1 is 0.829 bits per heavy atom. The molecular weight excluding hydrogens is 434 g/mol. The van der Waals surface area contributed by atoms with Crippen molar-refractivity contribution >= 4 is 5.78 Å². The zero-order valence-electron chi connectivity index (χ0n) is 20.1. The monoisotopic (exact) mass is 465 g/mol. The van der Waals surface area contributed by atoms with Crippen LogP contribution in [0.4, 0.5) is 0 Å². The molecule has 0 bridgehead atoms. The van der Waals surface area contributed by atoms with Crippen molar-refractivity contribution in [3.05, 3.63) is 94.8 Å². The van der Waals surface area contributed by atoms with Crippen LogP contribution in [0, 0.1) is 0 Å². The lowest BCUT2D eigenvalue weighted by molar-refractivity contribution is 0.103. The van der Waals surface area contributed by atoms with Gasteiger partial charge >= 0.3 is 0 Å². The summed E-state index contributed by atoms with van der Waals surface area (Å²) in [6.45, 7) is 4.90. The number of benzene rings is 2. The van der Waals surface area contributed by atoms with Crippen molar-refractivity contribution in [3.63, 3.8) is 0 Å². The summed E-state index contributed by atoms with van der Waals surface area (Å²) in [6, 6.07) is 20.3. The van der Waals surface area contributed by atoms with E-state index in [1.165, 1.54) is 16.7 Å². The molecule has 0 spiro atoms. The molecule has 0 unspecified atom stereocenters. The first-order chi connectivity index (χ1) is 17.3. The normalized spacial score (nSPS) is 16.4. The molecule has 0 amide bonds. The molecule has 1 fully saturated rings. The molecule has 0 atom stereocenters. The van der Waals surface area contributed by atoms with Crippen LogP contribution in [0.5, 0.6) is 0 Å². The van der Waals surface area contributed by atoms with Gasteiger partial charge in [0, 0.05) is 38.3 Å². The maximum absolute atomic E-state index is 13.6. The maximum atomic E-state index is 13.6. The van der Waals surface area contributed by atoms with Crippen LogP contribution < -0.4 is 5.01 Å². The molecule has 0 aromatic heterocycles. The topological polar surface area (TPSA) is 54.3 Å². The average Bonchev–Trinajstić information content (AvgIpc) is 3.27. The largest absolute Gasteiger partial charge is 0.299 e. The van der Waals surface area contributed by atoms with E-state index in [9.17, 15) is 4.79 Å². The van der Waals surface area contributed by atoms with Crippen molar-refractivity contribution in [2.75, 3.05) is 37.7 Å². The molecule has 0 N–H and O–H groups in total. The molecule has 178 valence electrons. The lowest BCUT2D eigenvalue weighted by atomic mass is 9.91. The number of fused-ring (bicyclic) bond motifs is 3. The molecule has 4 aliphatic rings. The molecule has 6 heteroatoms. The number of ketones is 1. The number of carbonyl (C=O) groups excluding carboxylic acids is 1. The number of carbonyl (C=O) groups is 1. The fraction of sp³-hybridized carbons (Fsp3) is 0.345. The fourth-order valence-electron chi connectivity index (χ4n) is 5.65. The zero-order valence-corrected chi connectivity index (χ0v) is 20.1. The van der Waals surface area contributed by atoms with E-state index in [1.807, 2.05) is 30.3 Å². The summed E-state index contributed by atoms with van der Waals surface area (Å²) in [5, 5.41) is 7.03. The molecule has 6 rings (SSSR count). The second-order valence-corrected chi connectivity index (χ2v) is 9.61. The minimum Gasteiger partial charge on any atom is -0.299 e. The standard InChI is InChI=1S/C29H31N5O/c35-29(23-11-5-2-6-12-23)26-24-13-7-8-14-25(24)28-27(26)30-21-31-34(28)33-19-17-32(18-20-33)16-15-22-9-3-1-4-10-22/h1-6,9-12,21H,7-8,13-20H2. The highest BCUT2D eigenvalue weighted by Crippen LogP contribution is 2.40. The van der Waals surface area contributed by atoms with Gasteiger partial charge in [0.15, 0.2) is 5.78 Å². The third kappa shape index (κ3) is 4.23. The van der Waals surface area contributed by atoms with E-state index in [1.54, 1.807) is 6.33 Å². The summed E-state index contributed by atoms with van der Waals surface area (Å²) in [5.41, 5.74) is 7.23. The molecule has 1 saturated heterocycles. The number of rotatable bonds is 6. The van der Waals surface area contributed by atoms with Gasteiger partial charge < -0.3 is 0 Å². The summed E-state index contributed by atoms with van der Waals surface area (Å²) in [5.74, 6) is 0.0785. The first-order valence-corrected chi connectivity index (χ1v) is 12.8. The predicted octanol–water partition coefficient (Wildman–Crippen LogP) is 3.99. The van der Waals surface area contributed by atoms with Crippen molar-refractivity contribution in [2.24, 2.45) is 0 Å². The predicted molar refractivity (Wildman–Crippen MR) is 138 cm³/mol. The van der Waals surface area contributed by atoms with Gasteiger partial charge in [-0.2, -0.15) is 4.79 Å². The molecule has 35 heavy (non-hydrogen) atoms. The second-order valence-electron chi connectivity index (χ2n) is 9.61. The van der Waals surface area contributed by atoms with Crippen LogP contribution >= 0.6 is 0 Å². The zero-order chi connectivity index (χ0) is 23.6. The average molecular weight is 466 g/mol. The SMILES string of the molecule is O=C(c1ccccc1)c1c2ncnn(N3CCN(CCc4ccccc4)CC3)c-2c2c1CCCC2. The van der Waals surface area contributed by atoms with Crippen LogP contribution in [-0.2, 0) is 19.3 Å². The molecule has 2 aliphatic carbocycles. The molecular formula is C29H31N5O. The van der Waals surface area contributed by atoms with Crippen LogP contribution in [-0.4, -0.2) is 58.3 Å². The van der Waals surface area contributed by atoms with E-state index in [-0.39, 0.29) is 5.78 Å². The van der Waals surface area contributed by atoms with Crippen LogP contribution in [0.2, 0.25) is 0 Å². The van der Waals surface area contributed by atoms with Crippen molar-refractivity contribution in [3.8, 4) is 11.4 Å². The number of hydrogen-bond acceptors (Lipinski definition) is 5. The number of piperazine rings is 1. The minimum absolute atomic E-state index is 0.0785. The Labute approximate surface area is 206 Å². The molecule has 2 aromatic rings. The third-order valence-corrected chi connectivity index (χ3v) is 7.50. The van der Waals surface area contributed by atoms with Gasteiger partial charge in [0.25, 0.3) is 0 Å². The highest BCUT2D eigenvalue weighted by atomic mass is 16.1. The van der Waals surface area contributed by atoms with Gasteiger partial charge in [-0.25, -0.2) is 4.98 Å². The van der Waals surface area contributed by atoms with Gasteiger partial charge in [0.1, 0.15) is 17.7 Å². The quantitative estimate of drug-likeness (QED) is 0.403. The second kappa shape index (κ2) is 9.62. The molecule has 2 heterocycles. The van der Waals surface area contributed by atoms with E-state index in [2.05, 4.69) is 50.0 Å². The Morgan fingerprint density at radius 3 is 2.26 bits per heavy atom.